The predicted octanol–water partition coefficient (Wildman–Crippen LogP) is 1.62. The highest BCUT2D eigenvalue weighted by molar-refractivity contribution is 5.89. The molecule has 152 valence electrons. The number of aliphatic hydroxyl groups excluding tert-OH is 1. The number of benzene rings is 1. The molecule has 1 aromatic rings. The first-order valence-electron chi connectivity index (χ1n) is 8.70. The summed E-state index contributed by atoms with van der Waals surface area (Å²) >= 11 is 0. The van der Waals surface area contributed by atoms with Gasteiger partial charge in [-0.2, -0.15) is 0 Å². The molecule has 1 fully saturated rings. The van der Waals surface area contributed by atoms with Crippen molar-refractivity contribution in [2.75, 3.05) is 7.11 Å². The molecule has 0 aromatic heterocycles. The van der Waals surface area contributed by atoms with Crippen LogP contribution in [-0.4, -0.2) is 54.7 Å². The second-order valence-corrected chi connectivity index (χ2v) is 6.51. The van der Waals surface area contributed by atoms with E-state index in [4.69, 9.17) is 18.9 Å². The zero-order valence-corrected chi connectivity index (χ0v) is 16.0. The minimum atomic E-state index is -1.56. The summed E-state index contributed by atoms with van der Waals surface area (Å²) in [5.41, 5.74) is -0.666. The minimum absolute atomic E-state index is 0.279. The van der Waals surface area contributed by atoms with Gasteiger partial charge in [0.25, 0.3) is 0 Å². The number of carbonyl (C=O) groups excluding carboxylic acids is 3. The maximum absolute atomic E-state index is 12.4. The van der Waals surface area contributed by atoms with E-state index in [-0.39, 0.29) is 6.42 Å². The first-order valence-corrected chi connectivity index (χ1v) is 8.70. The largest absolute Gasteiger partial charge is 0.458 e. The zero-order chi connectivity index (χ0) is 20.9. The molecule has 8 nitrogen and oxygen atoms in total. The van der Waals surface area contributed by atoms with Gasteiger partial charge in [-0.15, -0.1) is 6.58 Å². The molecule has 1 aromatic carbocycles. The molecule has 0 aliphatic heterocycles. The maximum atomic E-state index is 12.4. The number of carbonyl (C=O) groups is 3. The molecule has 28 heavy (non-hydrogen) atoms. The molecular weight excluding hydrogens is 368 g/mol. The maximum Gasteiger partial charge on any atom is 0.338 e. The summed E-state index contributed by atoms with van der Waals surface area (Å²) in [4.78, 5) is 35.5. The van der Waals surface area contributed by atoms with Crippen molar-refractivity contribution in [2.24, 2.45) is 5.41 Å². The first kappa shape index (κ1) is 21.6. The van der Waals surface area contributed by atoms with E-state index in [1.807, 2.05) is 0 Å². The van der Waals surface area contributed by atoms with Crippen molar-refractivity contribution < 1.29 is 38.4 Å². The topological polar surface area (TPSA) is 108 Å². The highest BCUT2D eigenvalue weighted by Gasteiger charge is 2.65. The zero-order valence-electron chi connectivity index (χ0n) is 16.0. The summed E-state index contributed by atoms with van der Waals surface area (Å²) in [7, 11) is 1.21. The third-order valence-corrected chi connectivity index (χ3v) is 4.56. The van der Waals surface area contributed by atoms with Crippen LogP contribution >= 0.6 is 0 Å². The second-order valence-electron chi connectivity index (χ2n) is 6.51. The summed E-state index contributed by atoms with van der Waals surface area (Å²) in [6, 6.07) is 8.41. The summed E-state index contributed by atoms with van der Waals surface area (Å²) in [5, 5.41) is 10.1. The standard InChI is InChI=1S/C20H24O8/c1-5-20(11-15(20)28-18(23)14-9-7-6-8-10-14)17(27-13(3)22)16(19(24)25-4)26-12(2)21/h5-10,15-17,19,24H,1,11H2,2-4H3/t15-,16?,17?,19?,20+/m1/s1. The van der Waals surface area contributed by atoms with Crippen LogP contribution in [0.3, 0.4) is 0 Å². The van der Waals surface area contributed by atoms with Crippen molar-refractivity contribution >= 4 is 17.9 Å². The van der Waals surface area contributed by atoms with Crippen LogP contribution in [0.5, 0.6) is 0 Å². The Morgan fingerprint density at radius 1 is 1.18 bits per heavy atom. The molecule has 8 heteroatoms. The average Bonchev–Trinajstić information content (AvgIpc) is 3.37. The lowest BCUT2D eigenvalue weighted by atomic mass is 9.93. The predicted molar refractivity (Wildman–Crippen MR) is 97.0 cm³/mol. The Kier molecular flexibility index (Phi) is 6.93. The molecule has 0 bridgehead atoms. The van der Waals surface area contributed by atoms with Gasteiger partial charge in [-0.3, -0.25) is 9.59 Å². The summed E-state index contributed by atoms with van der Waals surface area (Å²) in [6.45, 7) is 6.09. The number of hydrogen-bond donors (Lipinski definition) is 1. The van der Waals surface area contributed by atoms with E-state index in [0.29, 0.717) is 5.56 Å². The smallest absolute Gasteiger partial charge is 0.338 e. The van der Waals surface area contributed by atoms with Crippen LogP contribution in [0, 0.1) is 5.41 Å². The fourth-order valence-electron chi connectivity index (χ4n) is 3.07. The van der Waals surface area contributed by atoms with E-state index in [1.54, 1.807) is 30.3 Å². The van der Waals surface area contributed by atoms with Crippen LogP contribution in [0.15, 0.2) is 43.0 Å². The molecule has 2 rings (SSSR count). The van der Waals surface area contributed by atoms with Gasteiger partial charge in [-0.1, -0.05) is 24.3 Å². The molecule has 0 heterocycles. The number of ether oxygens (including phenoxy) is 4. The van der Waals surface area contributed by atoms with Gasteiger partial charge < -0.3 is 24.1 Å². The van der Waals surface area contributed by atoms with Crippen LogP contribution in [0.25, 0.3) is 0 Å². The lowest BCUT2D eigenvalue weighted by molar-refractivity contribution is -0.215. The van der Waals surface area contributed by atoms with Crippen LogP contribution in [0.4, 0.5) is 0 Å². The first-order chi connectivity index (χ1) is 13.2. The van der Waals surface area contributed by atoms with E-state index in [0.717, 1.165) is 6.92 Å². The van der Waals surface area contributed by atoms with Gasteiger partial charge in [0.05, 0.1) is 11.0 Å². The Hall–Kier alpha value is -2.71. The Morgan fingerprint density at radius 2 is 1.79 bits per heavy atom. The number of methoxy groups -OCH3 is 1. The Bertz CT molecular complexity index is 731. The molecule has 3 unspecified atom stereocenters. The fraction of sp³-hybridized carbons (Fsp3) is 0.450. The van der Waals surface area contributed by atoms with Gasteiger partial charge >= 0.3 is 17.9 Å². The highest BCUT2D eigenvalue weighted by Crippen LogP contribution is 2.55. The van der Waals surface area contributed by atoms with Gasteiger partial charge in [0.1, 0.15) is 6.10 Å². The van der Waals surface area contributed by atoms with E-state index in [9.17, 15) is 19.5 Å². The van der Waals surface area contributed by atoms with Gasteiger partial charge in [-0.25, -0.2) is 4.79 Å². The minimum Gasteiger partial charge on any atom is -0.458 e. The van der Waals surface area contributed by atoms with Crippen molar-refractivity contribution in [3.8, 4) is 0 Å². The number of rotatable bonds is 9. The highest BCUT2D eigenvalue weighted by atomic mass is 16.7. The lowest BCUT2D eigenvalue weighted by Gasteiger charge is -2.33. The average molecular weight is 392 g/mol. The molecule has 1 N–H and O–H groups in total. The number of aliphatic hydroxyl groups is 1. The molecular formula is C20H24O8. The summed E-state index contributed by atoms with van der Waals surface area (Å²) < 4.78 is 20.9. The van der Waals surface area contributed by atoms with E-state index >= 15 is 0 Å². The van der Waals surface area contributed by atoms with Gasteiger partial charge in [-0.05, 0) is 12.1 Å². The third kappa shape index (κ3) is 4.76. The Morgan fingerprint density at radius 3 is 2.29 bits per heavy atom. The molecule has 0 amide bonds. The van der Waals surface area contributed by atoms with Crippen LogP contribution in [0.1, 0.15) is 30.6 Å². The van der Waals surface area contributed by atoms with Gasteiger partial charge in [0.2, 0.25) is 0 Å². The lowest BCUT2D eigenvalue weighted by Crippen LogP contribution is -2.49. The van der Waals surface area contributed by atoms with E-state index < -0.39 is 47.9 Å². The van der Waals surface area contributed by atoms with Crippen molar-refractivity contribution in [1.29, 1.82) is 0 Å². The molecule has 1 saturated carbocycles. The number of esters is 3. The molecule has 1 aliphatic carbocycles. The van der Waals surface area contributed by atoms with E-state index in [1.165, 1.54) is 20.1 Å². The van der Waals surface area contributed by atoms with Crippen molar-refractivity contribution in [1.82, 2.24) is 0 Å². The Balaban J connectivity index is 2.27. The summed E-state index contributed by atoms with van der Waals surface area (Å²) in [5.74, 6) is -1.91. The molecule has 0 spiro atoms. The third-order valence-electron chi connectivity index (χ3n) is 4.56. The molecule has 0 saturated heterocycles. The van der Waals surface area contributed by atoms with Crippen LogP contribution in [0.2, 0.25) is 0 Å². The molecule has 5 atom stereocenters. The van der Waals surface area contributed by atoms with E-state index in [2.05, 4.69) is 6.58 Å². The normalized spacial score (nSPS) is 23.6. The second kappa shape index (κ2) is 8.99. The monoisotopic (exact) mass is 392 g/mol. The van der Waals surface area contributed by atoms with Crippen LogP contribution in [-0.2, 0) is 28.5 Å². The quantitative estimate of drug-likeness (QED) is 0.292. The van der Waals surface area contributed by atoms with Crippen LogP contribution < -0.4 is 0 Å². The molecule has 0 radical (unpaired) electrons. The van der Waals surface area contributed by atoms with Gasteiger partial charge in [0.15, 0.2) is 18.5 Å². The summed E-state index contributed by atoms with van der Waals surface area (Å²) in [6.07, 6.45) is -2.97. The van der Waals surface area contributed by atoms with Crippen molar-refractivity contribution in [2.45, 2.75) is 44.9 Å². The number of hydrogen-bond acceptors (Lipinski definition) is 8. The molecule has 1 aliphatic rings. The fourth-order valence-corrected chi connectivity index (χ4v) is 3.07. The van der Waals surface area contributed by atoms with Gasteiger partial charge in [0, 0.05) is 27.4 Å². The Labute approximate surface area is 163 Å². The van der Waals surface area contributed by atoms with Crippen molar-refractivity contribution in [3.63, 3.8) is 0 Å². The van der Waals surface area contributed by atoms with Crippen molar-refractivity contribution in [3.05, 3.63) is 48.6 Å². The SMILES string of the molecule is C=C[C@]1(C(OC(C)=O)C(OC(C)=O)C(O)OC)C[C@H]1OC(=O)c1ccccc1.